The van der Waals surface area contributed by atoms with Crippen LogP contribution in [0.5, 0.6) is 0 Å². The fourth-order valence-electron chi connectivity index (χ4n) is 0.333. The van der Waals surface area contributed by atoms with E-state index in [0.29, 0.717) is 9.90 Å². The van der Waals surface area contributed by atoms with Gasteiger partial charge in [-0.1, -0.05) is 11.6 Å². The second-order valence-corrected chi connectivity index (χ2v) is 2.43. The summed E-state index contributed by atoms with van der Waals surface area (Å²) in [5.74, 6) is 0. The Balaban J connectivity index is 3.05. The van der Waals surface area contributed by atoms with Crippen LogP contribution in [0, 0.1) is 16.7 Å². The van der Waals surface area contributed by atoms with Crippen molar-refractivity contribution in [2.75, 3.05) is 0 Å². The minimum absolute atomic E-state index is 0.520. The number of thiophene rings is 1. The van der Waals surface area contributed by atoms with Gasteiger partial charge in [-0.15, -0.1) is 11.3 Å². The summed E-state index contributed by atoms with van der Waals surface area (Å²) in [5.41, 5.74) is 0. The summed E-state index contributed by atoms with van der Waals surface area (Å²) in [7, 11) is 0. The molecule has 0 saturated carbocycles. The first-order valence-electron chi connectivity index (χ1n) is 1.90. The van der Waals surface area contributed by atoms with Crippen molar-refractivity contribution in [3.63, 3.8) is 0 Å². The number of hydrogen-bond donors (Lipinski definition) is 0. The lowest BCUT2D eigenvalue weighted by Gasteiger charge is -1.65. The topological polar surface area (TPSA) is 23.8 Å². The van der Waals surface area contributed by atoms with E-state index >= 15 is 0 Å². The van der Waals surface area contributed by atoms with Crippen LogP contribution in [0.1, 0.15) is 4.88 Å². The first-order valence-corrected chi connectivity index (χ1v) is 3.09. The Hall–Kier alpha value is -0.520. The van der Waals surface area contributed by atoms with Gasteiger partial charge in [-0.25, -0.2) is 0 Å². The fraction of sp³-hybridized carbons (Fsp3) is 0. The summed E-state index contributed by atoms with van der Waals surface area (Å²) in [5, 5.41) is 11.5. The van der Waals surface area contributed by atoms with Crippen molar-refractivity contribution in [1.29, 1.82) is 5.26 Å². The van der Waals surface area contributed by atoms with E-state index in [9.17, 15) is 0 Å². The Kier molecular flexibility index (Phi) is 1.52. The quantitative estimate of drug-likeness (QED) is 0.544. The summed E-state index contributed by atoms with van der Waals surface area (Å²) in [4.78, 5) is 0.606. The minimum atomic E-state index is 0.520. The molecule has 0 atom stereocenters. The second kappa shape index (κ2) is 2.17. The Morgan fingerprint density at radius 2 is 2.62 bits per heavy atom. The van der Waals surface area contributed by atoms with Crippen LogP contribution in [-0.4, -0.2) is 0 Å². The van der Waals surface area contributed by atoms with E-state index in [2.05, 4.69) is 5.38 Å². The Labute approximate surface area is 56.1 Å². The van der Waals surface area contributed by atoms with Gasteiger partial charge in [0.2, 0.25) is 0 Å². The van der Waals surface area contributed by atoms with Crippen molar-refractivity contribution >= 4 is 22.9 Å². The normalized spacial score (nSPS) is 8.50. The fourth-order valence-corrected chi connectivity index (χ4v) is 1.11. The molecule has 0 fully saturated rings. The summed E-state index contributed by atoms with van der Waals surface area (Å²) in [6.45, 7) is 0. The third-order valence-electron chi connectivity index (χ3n) is 0.626. The molecule has 1 aromatic rings. The van der Waals surface area contributed by atoms with Crippen molar-refractivity contribution < 1.29 is 0 Å². The van der Waals surface area contributed by atoms with Crippen LogP contribution in [0.15, 0.2) is 6.07 Å². The SMILES string of the molecule is N#Cc1cc(Cl)[c]s1. The monoisotopic (exact) mass is 142 g/mol. The molecule has 0 spiro atoms. The van der Waals surface area contributed by atoms with Crippen LogP contribution in [0.4, 0.5) is 0 Å². The molecule has 0 saturated heterocycles. The lowest BCUT2D eigenvalue weighted by Crippen LogP contribution is -1.52. The molecule has 0 aromatic carbocycles. The van der Waals surface area contributed by atoms with Gasteiger partial charge in [-0.3, -0.25) is 0 Å². The molecule has 1 rings (SSSR count). The Morgan fingerprint density at radius 1 is 1.88 bits per heavy atom. The van der Waals surface area contributed by atoms with E-state index in [1.807, 2.05) is 6.07 Å². The van der Waals surface area contributed by atoms with Gasteiger partial charge >= 0.3 is 0 Å². The molecule has 0 aliphatic carbocycles. The summed E-state index contributed by atoms with van der Waals surface area (Å²) >= 11 is 6.67. The molecule has 0 amide bonds. The molecule has 1 radical (unpaired) electrons. The van der Waals surface area contributed by atoms with Crippen LogP contribution in [0.25, 0.3) is 0 Å². The van der Waals surface area contributed by atoms with Gasteiger partial charge in [0.15, 0.2) is 0 Å². The second-order valence-electron chi connectivity index (χ2n) is 1.17. The van der Waals surface area contributed by atoms with Gasteiger partial charge in [0, 0.05) is 0 Å². The lowest BCUT2D eigenvalue weighted by molar-refractivity contribution is 1.52. The highest BCUT2D eigenvalue weighted by atomic mass is 35.5. The summed E-state index contributed by atoms with van der Waals surface area (Å²) < 4.78 is 0. The van der Waals surface area contributed by atoms with Gasteiger partial charge < -0.3 is 0 Å². The Morgan fingerprint density at radius 3 is 2.88 bits per heavy atom. The highest BCUT2D eigenvalue weighted by Gasteiger charge is 1.92. The molecule has 8 heavy (non-hydrogen) atoms. The number of hydrogen-bond acceptors (Lipinski definition) is 2. The highest BCUT2D eigenvalue weighted by Crippen LogP contribution is 2.16. The third-order valence-corrected chi connectivity index (χ3v) is 1.69. The van der Waals surface area contributed by atoms with Gasteiger partial charge in [-0.2, -0.15) is 5.26 Å². The highest BCUT2D eigenvalue weighted by molar-refractivity contribution is 7.10. The average molecular weight is 143 g/mol. The van der Waals surface area contributed by atoms with Crippen molar-refractivity contribution in [1.82, 2.24) is 0 Å². The molecule has 0 N–H and O–H groups in total. The van der Waals surface area contributed by atoms with Crippen LogP contribution >= 0.6 is 22.9 Å². The average Bonchev–Trinajstić information content (AvgIpc) is 2.14. The maximum atomic E-state index is 8.23. The zero-order valence-corrected chi connectivity index (χ0v) is 5.38. The van der Waals surface area contributed by atoms with E-state index < -0.39 is 0 Å². The van der Waals surface area contributed by atoms with Crippen LogP contribution in [0.3, 0.4) is 0 Å². The predicted octanol–water partition coefficient (Wildman–Crippen LogP) is 2.07. The van der Waals surface area contributed by atoms with E-state index in [1.165, 1.54) is 11.3 Å². The number of rotatable bonds is 0. The van der Waals surface area contributed by atoms with Gasteiger partial charge in [-0.05, 0) is 6.07 Å². The lowest BCUT2D eigenvalue weighted by atomic mass is 10.5. The molecular formula is C5HClNS. The first kappa shape index (κ1) is 5.61. The van der Waals surface area contributed by atoms with E-state index in [4.69, 9.17) is 16.9 Å². The molecule has 0 bridgehead atoms. The van der Waals surface area contributed by atoms with Crippen molar-refractivity contribution in [2.45, 2.75) is 0 Å². The third kappa shape index (κ3) is 1.00. The van der Waals surface area contributed by atoms with Crippen molar-refractivity contribution in [3.8, 4) is 6.07 Å². The first-order chi connectivity index (χ1) is 3.83. The number of nitrogens with zero attached hydrogens (tertiary/aromatic N) is 1. The number of halogens is 1. The van der Waals surface area contributed by atoms with Crippen LogP contribution < -0.4 is 0 Å². The molecule has 0 aliphatic heterocycles. The van der Waals surface area contributed by atoms with Crippen molar-refractivity contribution in [3.05, 3.63) is 21.3 Å². The van der Waals surface area contributed by atoms with Gasteiger partial charge in [0.1, 0.15) is 10.9 Å². The maximum Gasteiger partial charge on any atom is 0.110 e. The van der Waals surface area contributed by atoms with Crippen LogP contribution in [0.2, 0.25) is 5.02 Å². The van der Waals surface area contributed by atoms with E-state index in [0.717, 1.165) is 0 Å². The molecule has 3 heteroatoms. The molecule has 1 aromatic heterocycles. The van der Waals surface area contributed by atoms with E-state index in [-0.39, 0.29) is 0 Å². The zero-order chi connectivity index (χ0) is 5.98. The summed E-state index contributed by atoms with van der Waals surface area (Å²) in [6.07, 6.45) is 0. The standard InChI is InChI=1S/C5HClNS/c6-4-1-5(2-7)8-3-4/h1H. The molecule has 1 nitrogen and oxygen atoms in total. The minimum Gasteiger partial charge on any atom is -0.192 e. The van der Waals surface area contributed by atoms with Gasteiger partial charge in [0.25, 0.3) is 0 Å². The maximum absolute atomic E-state index is 8.23. The Bertz CT molecular complexity index is 223. The molecule has 0 unspecified atom stereocenters. The molecular weight excluding hydrogens is 142 g/mol. The molecule has 1 heterocycles. The summed E-state index contributed by atoms with van der Waals surface area (Å²) in [6, 6.07) is 3.54. The van der Waals surface area contributed by atoms with Crippen LogP contribution in [-0.2, 0) is 0 Å². The largest absolute Gasteiger partial charge is 0.192 e. The smallest absolute Gasteiger partial charge is 0.110 e. The predicted molar refractivity (Wildman–Crippen MR) is 32.9 cm³/mol. The van der Waals surface area contributed by atoms with Gasteiger partial charge in [0.05, 0.1) is 10.4 Å². The zero-order valence-electron chi connectivity index (χ0n) is 3.81. The molecule has 0 aliphatic rings. The number of nitriles is 1. The van der Waals surface area contributed by atoms with Crippen molar-refractivity contribution in [2.24, 2.45) is 0 Å². The van der Waals surface area contributed by atoms with E-state index in [1.54, 1.807) is 6.07 Å². The molecule has 39 valence electrons.